The molecule has 1 atom stereocenters. The van der Waals surface area contributed by atoms with Crippen molar-refractivity contribution < 1.29 is 9.47 Å². The Bertz CT molecular complexity index is 327. The van der Waals surface area contributed by atoms with E-state index in [1.807, 2.05) is 12.3 Å². The van der Waals surface area contributed by atoms with Crippen LogP contribution < -0.4 is 0 Å². The number of hydrogen-bond donors (Lipinski definition) is 0. The fourth-order valence-electron chi connectivity index (χ4n) is 1.78. The third-order valence-electron chi connectivity index (χ3n) is 2.61. The maximum absolute atomic E-state index is 5.63. The summed E-state index contributed by atoms with van der Waals surface area (Å²) >= 11 is 3.39. The fourth-order valence-corrected chi connectivity index (χ4v) is 2.19. The third-order valence-corrected chi connectivity index (χ3v) is 3.04. The molecular weight excluding hydrogens is 270 g/mol. The van der Waals surface area contributed by atoms with E-state index in [0.717, 1.165) is 23.1 Å². The van der Waals surface area contributed by atoms with Crippen LogP contribution in [-0.2, 0) is 16.1 Å². The number of rotatable bonds is 4. The van der Waals surface area contributed by atoms with E-state index < -0.39 is 0 Å². The molecule has 0 radical (unpaired) electrons. The van der Waals surface area contributed by atoms with E-state index in [2.05, 4.69) is 20.9 Å². The Hall–Kier alpha value is -0.450. The molecule has 0 bridgehead atoms. The summed E-state index contributed by atoms with van der Waals surface area (Å²) in [5.74, 6) is 0. The SMILES string of the molecule is Brc1cncc(COCC2CCCCO2)c1. The Kier molecular flexibility index (Phi) is 4.75. The van der Waals surface area contributed by atoms with Crippen LogP contribution in [-0.4, -0.2) is 24.3 Å². The Morgan fingerprint density at radius 1 is 1.44 bits per heavy atom. The van der Waals surface area contributed by atoms with E-state index >= 15 is 0 Å². The standard InChI is InChI=1S/C12H16BrNO2/c13-11-5-10(6-14-7-11)8-15-9-12-3-1-2-4-16-12/h5-7,12H,1-4,8-9H2. The van der Waals surface area contributed by atoms with Gasteiger partial charge in [0.1, 0.15) is 0 Å². The second-order valence-electron chi connectivity index (χ2n) is 4.02. The number of nitrogens with zero attached hydrogens (tertiary/aromatic N) is 1. The zero-order valence-corrected chi connectivity index (χ0v) is 10.8. The van der Waals surface area contributed by atoms with Crippen molar-refractivity contribution in [2.24, 2.45) is 0 Å². The van der Waals surface area contributed by atoms with Crippen molar-refractivity contribution in [2.75, 3.05) is 13.2 Å². The minimum Gasteiger partial charge on any atom is -0.376 e. The molecule has 1 aromatic rings. The molecule has 1 fully saturated rings. The smallest absolute Gasteiger partial charge is 0.0808 e. The summed E-state index contributed by atoms with van der Waals surface area (Å²) in [6.45, 7) is 2.17. The predicted molar refractivity (Wildman–Crippen MR) is 65.2 cm³/mol. The fraction of sp³-hybridized carbons (Fsp3) is 0.583. The Labute approximate surface area is 104 Å². The summed E-state index contributed by atoms with van der Waals surface area (Å²) < 4.78 is 12.2. The first-order valence-electron chi connectivity index (χ1n) is 5.63. The van der Waals surface area contributed by atoms with Gasteiger partial charge >= 0.3 is 0 Å². The van der Waals surface area contributed by atoms with Crippen LogP contribution in [0.5, 0.6) is 0 Å². The van der Waals surface area contributed by atoms with E-state index in [9.17, 15) is 0 Å². The van der Waals surface area contributed by atoms with E-state index in [1.165, 1.54) is 12.8 Å². The largest absolute Gasteiger partial charge is 0.376 e. The van der Waals surface area contributed by atoms with E-state index in [0.29, 0.717) is 13.2 Å². The maximum Gasteiger partial charge on any atom is 0.0808 e. The summed E-state index contributed by atoms with van der Waals surface area (Å²) in [7, 11) is 0. The minimum atomic E-state index is 0.286. The van der Waals surface area contributed by atoms with Gasteiger partial charge in [-0.15, -0.1) is 0 Å². The van der Waals surface area contributed by atoms with E-state index in [1.54, 1.807) is 6.20 Å². The summed E-state index contributed by atoms with van der Waals surface area (Å²) in [5, 5.41) is 0. The quantitative estimate of drug-likeness (QED) is 0.852. The maximum atomic E-state index is 5.63. The van der Waals surface area contributed by atoms with Gasteiger partial charge in [0, 0.05) is 23.5 Å². The molecule has 1 saturated heterocycles. The summed E-state index contributed by atoms with van der Waals surface area (Å²) in [5.41, 5.74) is 1.09. The van der Waals surface area contributed by atoms with Crippen molar-refractivity contribution in [2.45, 2.75) is 32.0 Å². The van der Waals surface area contributed by atoms with Gasteiger partial charge in [0.05, 0.1) is 19.3 Å². The lowest BCUT2D eigenvalue weighted by Crippen LogP contribution is -2.24. The molecule has 0 spiro atoms. The van der Waals surface area contributed by atoms with Gasteiger partial charge in [-0.1, -0.05) is 0 Å². The van der Waals surface area contributed by atoms with Gasteiger partial charge in [-0.3, -0.25) is 4.98 Å². The Balaban J connectivity index is 1.71. The van der Waals surface area contributed by atoms with Crippen LogP contribution in [0.4, 0.5) is 0 Å². The van der Waals surface area contributed by atoms with Crippen LogP contribution in [0.1, 0.15) is 24.8 Å². The molecule has 16 heavy (non-hydrogen) atoms. The molecule has 0 aliphatic carbocycles. The molecule has 1 aliphatic rings. The number of aromatic nitrogens is 1. The molecule has 0 saturated carbocycles. The Morgan fingerprint density at radius 3 is 3.12 bits per heavy atom. The lowest BCUT2D eigenvalue weighted by atomic mass is 10.1. The van der Waals surface area contributed by atoms with Crippen molar-refractivity contribution in [3.8, 4) is 0 Å². The molecule has 0 N–H and O–H groups in total. The highest BCUT2D eigenvalue weighted by molar-refractivity contribution is 9.10. The van der Waals surface area contributed by atoms with E-state index in [-0.39, 0.29) is 6.10 Å². The molecule has 1 unspecified atom stereocenters. The number of ether oxygens (including phenoxy) is 2. The van der Waals surface area contributed by atoms with Gasteiger partial charge in [0.15, 0.2) is 0 Å². The lowest BCUT2D eigenvalue weighted by molar-refractivity contribution is -0.0448. The monoisotopic (exact) mass is 285 g/mol. The van der Waals surface area contributed by atoms with Crippen molar-refractivity contribution in [1.82, 2.24) is 4.98 Å². The van der Waals surface area contributed by atoms with Crippen LogP contribution in [0.3, 0.4) is 0 Å². The third kappa shape index (κ3) is 3.85. The molecule has 3 nitrogen and oxygen atoms in total. The van der Waals surface area contributed by atoms with Crippen LogP contribution >= 0.6 is 15.9 Å². The molecule has 88 valence electrons. The summed E-state index contributed by atoms with van der Waals surface area (Å²) in [4.78, 5) is 4.09. The molecule has 2 rings (SSSR count). The normalized spacial score (nSPS) is 20.9. The summed E-state index contributed by atoms with van der Waals surface area (Å²) in [6, 6.07) is 2.02. The van der Waals surface area contributed by atoms with Gasteiger partial charge in [-0.25, -0.2) is 0 Å². The first-order valence-corrected chi connectivity index (χ1v) is 6.42. The van der Waals surface area contributed by atoms with Crippen molar-refractivity contribution >= 4 is 15.9 Å². The van der Waals surface area contributed by atoms with Gasteiger partial charge < -0.3 is 9.47 Å². The highest BCUT2D eigenvalue weighted by Crippen LogP contribution is 2.14. The van der Waals surface area contributed by atoms with Crippen LogP contribution in [0.25, 0.3) is 0 Å². The first kappa shape index (κ1) is 12.0. The van der Waals surface area contributed by atoms with Gasteiger partial charge in [-0.2, -0.15) is 0 Å². The highest BCUT2D eigenvalue weighted by Gasteiger charge is 2.13. The topological polar surface area (TPSA) is 31.4 Å². The van der Waals surface area contributed by atoms with Gasteiger partial charge in [0.25, 0.3) is 0 Å². The van der Waals surface area contributed by atoms with Crippen LogP contribution in [0, 0.1) is 0 Å². The molecule has 1 aromatic heterocycles. The zero-order chi connectivity index (χ0) is 11.2. The van der Waals surface area contributed by atoms with Crippen molar-refractivity contribution in [3.05, 3.63) is 28.5 Å². The molecule has 0 amide bonds. The van der Waals surface area contributed by atoms with Gasteiger partial charge in [-0.05, 0) is 46.8 Å². The Morgan fingerprint density at radius 2 is 2.38 bits per heavy atom. The van der Waals surface area contributed by atoms with Crippen LogP contribution in [0.15, 0.2) is 22.9 Å². The van der Waals surface area contributed by atoms with Crippen molar-refractivity contribution in [1.29, 1.82) is 0 Å². The number of halogens is 1. The van der Waals surface area contributed by atoms with E-state index in [4.69, 9.17) is 9.47 Å². The first-order chi connectivity index (χ1) is 7.84. The average Bonchev–Trinajstić information content (AvgIpc) is 2.30. The van der Waals surface area contributed by atoms with Gasteiger partial charge in [0.2, 0.25) is 0 Å². The van der Waals surface area contributed by atoms with Crippen molar-refractivity contribution in [3.63, 3.8) is 0 Å². The van der Waals surface area contributed by atoms with Crippen LogP contribution in [0.2, 0.25) is 0 Å². The minimum absolute atomic E-state index is 0.286. The molecular formula is C12H16BrNO2. The average molecular weight is 286 g/mol. The second kappa shape index (κ2) is 6.33. The second-order valence-corrected chi connectivity index (χ2v) is 4.93. The zero-order valence-electron chi connectivity index (χ0n) is 9.19. The molecule has 0 aromatic carbocycles. The predicted octanol–water partition coefficient (Wildman–Crippen LogP) is 2.93. The molecule has 4 heteroatoms. The summed E-state index contributed by atoms with van der Waals surface area (Å²) in [6.07, 6.45) is 7.45. The number of pyridine rings is 1. The molecule has 2 heterocycles. The molecule has 1 aliphatic heterocycles. The highest BCUT2D eigenvalue weighted by atomic mass is 79.9. The number of hydrogen-bond acceptors (Lipinski definition) is 3. The lowest BCUT2D eigenvalue weighted by Gasteiger charge is -2.22.